The predicted octanol–water partition coefficient (Wildman–Crippen LogP) is 4.97. The topological polar surface area (TPSA) is 41.1 Å². The predicted molar refractivity (Wildman–Crippen MR) is 127 cm³/mol. The molecule has 1 saturated heterocycles. The molecule has 0 atom stereocenters. The molecular formula is C27H22F2N4. The van der Waals surface area contributed by atoms with Crippen LogP contribution in [-0.2, 0) is 6.42 Å². The van der Waals surface area contributed by atoms with Gasteiger partial charge in [0.1, 0.15) is 0 Å². The summed E-state index contributed by atoms with van der Waals surface area (Å²) in [6, 6.07) is 15.3. The van der Waals surface area contributed by atoms with Gasteiger partial charge in [-0.25, -0.2) is 8.78 Å². The van der Waals surface area contributed by atoms with E-state index in [2.05, 4.69) is 39.6 Å². The van der Waals surface area contributed by atoms with Crippen LogP contribution in [0.25, 0.3) is 27.6 Å². The van der Waals surface area contributed by atoms with Crippen molar-refractivity contribution in [3.8, 4) is 11.1 Å². The van der Waals surface area contributed by atoms with Crippen LogP contribution < -0.4 is 10.2 Å². The zero-order valence-electron chi connectivity index (χ0n) is 18.0. The van der Waals surface area contributed by atoms with Gasteiger partial charge in [-0.2, -0.15) is 0 Å². The first-order valence-electron chi connectivity index (χ1n) is 11.2. The number of anilines is 1. The summed E-state index contributed by atoms with van der Waals surface area (Å²) in [6.07, 6.45) is 6.48. The number of allylic oxidation sites excluding steroid dienone is 1. The number of fused-ring (bicyclic) bond motifs is 2. The summed E-state index contributed by atoms with van der Waals surface area (Å²) < 4.78 is 29.2. The Labute approximate surface area is 190 Å². The van der Waals surface area contributed by atoms with E-state index in [-0.39, 0.29) is 0 Å². The summed E-state index contributed by atoms with van der Waals surface area (Å²) in [5.74, 6) is -1.63. The third kappa shape index (κ3) is 3.56. The number of piperazine rings is 1. The minimum atomic E-state index is -0.834. The number of aromatic nitrogens is 2. The van der Waals surface area contributed by atoms with Crippen LogP contribution in [0.15, 0.2) is 67.0 Å². The Hall–Kier alpha value is -3.64. The maximum absolute atomic E-state index is 14.6. The Balaban J connectivity index is 1.40. The fraction of sp³-hybridized carbons (Fsp3) is 0.185. The summed E-state index contributed by atoms with van der Waals surface area (Å²) in [6.45, 7) is 2.79. The maximum atomic E-state index is 14.6. The molecule has 164 valence electrons. The molecule has 0 unspecified atom stereocenters. The highest BCUT2D eigenvalue weighted by molar-refractivity contribution is 5.90. The van der Waals surface area contributed by atoms with E-state index in [0.29, 0.717) is 24.3 Å². The third-order valence-electron chi connectivity index (χ3n) is 6.47. The van der Waals surface area contributed by atoms with Crippen molar-refractivity contribution < 1.29 is 8.78 Å². The number of hydrogen-bond donors (Lipinski definition) is 1. The van der Waals surface area contributed by atoms with E-state index in [4.69, 9.17) is 0 Å². The molecule has 1 fully saturated rings. The van der Waals surface area contributed by atoms with Gasteiger partial charge >= 0.3 is 0 Å². The van der Waals surface area contributed by atoms with E-state index in [0.717, 1.165) is 58.4 Å². The Morgan fingerprint density at radius 3 is 2.64 bits per heavy atom. The van der Waals surface area contributed by atoms with Gasteiger partial charge in [-0.3, -0.25) is 9.97 Å². The number of pyridine rings is 2. The van der Waals surface area contributed by atoms with Crippen molar-refractivity contribution in [3.63, 3.8) is 0 Å². The smallest absolute Gasteiger partial charge is 0.182 e. The Morgan fingerprint density at radius 2 is 1.76 bits per heavy atom. The molecule has 2 aromatic heterocycles. The van der Waals surface area contributed by atoms with Gasteiger partial charge in [0.05, 0.1) is 16.9 Å². The largest absolute Gasteiger partial charge is 0.367 e. The minimum absolute atomic E-state index is 0.310. The summed E-state index contributed by atoms with van der Waals surface area (Å²) in [5.41, 5.74) is 6.90. The third-order valence-corrected chi connectivity index (χ3v) is 6.47. The lowest BCUT2D eigenvalue weighted by atomic mass is 9.96. The number of nitrogens with one attached hydrogen (secondary N) is 1. The van der Waals surface area contributed by atoms with Gasteiger partial charge in [0.15, 0.2) is 11.6 Å². The van der Waals surface area contributed by atoms with Crippen LogP contribution in [0.5, 0.6) is 0 Å². The molecule has 33 heavy (non-hydrogen) atoms. The summed E-state index contributed by atoms with van der Waals surface area (Å²) in [7, 11) is 0. The average Bonchev–Trinajstić information content (AvgIpc) is 3.29. The first kappa shape index (κ1) is 20.0. The normalized spacial score (nSPS) is 15.6. The van der Waals surface area contributed by atoms with Crippen LogP contribution in [0.1, 0.15) is 16.8 Å². The number of halogens is 2. The maximum Gasteiger partial charge on any atom is 0.182 e. The monoisotopic (exact) mass is 440 g/mol. The highest BCUT2D eigenvalue weighted by Crippen LogP contribution is 2.36. The first-order valence-corrected chi connectivity index (χ1v) is 11.2. The zero-order valence-corrected chi connectivity index (χ0v) is 18.0. The highest BCUT2D eigenvalue weighted by atomic mass is 19.2. The number of rotatable bonds is 3. The van der Waals surface area contributed by atoms with Crippen LogP contribution in [0, 0.1) is 11.6 Å². The quantitative estimate of drug-likeness (QED) is 0.488. The van der Waals surface area contributed by atoms with E-state index in [1.54, 1.807) is 18.5 Å². The zero-order chi connectivity index (χ0) is 22.4. The van der Waals surface area contributed by atoms with Gasteiger partial charge in [-0.15, -0.1) is 0 Å². The summed E-state index contributed by atoms with van der Waals surface area (Å²) in [5, 5.41) is 4.32. The molecule has 0 bridgehead atoms. The second kappa shape index (κ2) is 8.05. The lowest BCUT2D eigenvalue weighted by Gasteiger charge is -2.30. The van der Waals surface area contributed by atoms with Crippen LogP contribution in [0.2, 0.25) is 0 Å². The van der Waals surface area contributed by atoms with Crippen molar-refractivity contribution in [1.29, 1.82) is 0 Å². The van der Waals surface area contributed by atoms with Gasteiger partial charge in [-0.05, 0) is 53.1 Å². The molecule has 4 nitrogen and oxygen atoms in total. The number of nitrogens with zero attached hydrogens (tertiary/aromatic N) is 3. The van der Waals surface area contributed by atoms with Crippen LogP contribution in [0.3, 0.4) is 0 Å². The first-order chi connectivity index (χ1) is 16.2. The second-order valence-electron chi connectivity index (χ2n) is 8.48. The second-order valence-corrected chi connectivity index (χ2v) is 8.48. The Kier molecular flexibility index (Phi) is 4.88. The van der Waals surface area contributed by atoms with E-state index in [1.807, 2.05) is 23.1 Å². The van der Waals surface area contributed by atoms with Crippen molar-refractivity contribution >= 4 is 22.2 Å². The van der Waals surface area contributed by atoms with Gasteiger partial charge in [0.25, 0.3) is 0 Å². The van der Waals surface area contributed by atoms with Gasteiger partial charge in [-0.1, -0.05) is 18.2 Å². The summed E-state index contributed by atoms with van der Waals surface area (Å²) in [4.78, 5) is 11.0. The Bertz CT molecular complexity index is 1410. The molecule has 0 saturated carbocycles. The minimum Gasteiger partial charge on any atom is -0.367 e. The molecule has 0 radical (unpaired) electrons. The summed E-state index contributed by atoms with van der Waals surface area (Å²) >= 11 is 0. The molecule has 4 aromatic rings. The van der Waals surface area contributed by atoms with E-state index in [9.17, 15) is 8.78 Å². The lowest BCUT2D eigenvalue weighted by molar-refractivity contribution is 0.500. The molecule has 0 spiro atoms. The van der Waals surface area contributed by atoms with Crippen LogP contribution in [0.4, 0.5) is 14.5 Å². The number of hydrogen-bond acceptors (Lipinski definition) is 4. The SMILES string of the molecule is Fc1cc(-c2cnc3c(c2)C(c2ccc4ncccc4c2)=CC3)cc(N2CCNCC2)c1F. The fourth-order valence-corrected chi connectivity index (χ4v) is 4.75. The van der Waals surface area contributed by atoms with Crippen molar-refractivity contribution in [2.75, 3.05) is 31.1 Å². The molecule has 1 N–H and O–H groups in total. The molecule has 0 amide bonds. The van der Waals surface area contributed by atoms with Gasteiger partial charge in [0.2, 0.25) is 0 Å². The highest BCUT2D eigenvalue weighted by Gasteiger charge is 2.22. The standard InChI is InChI=1S/C27H22F2N4/c28-23-14-19(15-26(27(23)29)33-10-8-30-9-11-33)20-13-22-21(4-6-25(22)32-16-20)17-3-5-24-18(12-17)2-1-7-31-24/h1-5,7,12-16,30H,6,8-11H2. The molecule has 6 heteroatoms. The molecule has 6 rings (SSSR count). The van der Waals surface area contributed by atoms with Crippen LogP contribution in [-0.4, -0.2) is 36.1 Å². The fourth-order valence-electron chi connectivity index (χ4n) is 4.75. The van der Waals surface area contributed by atoms with E-state index in [1.165, 1.54) is 6.07 Å². The molecule has 2 aliphatic rings. The van der Waals surface area contributed by atoms with Crippen molar-refractivity contribution in [3.05, 3.63) is 95.5 Å². The lowest BCUT2D eigenvalue weighted by Crippen LogP contribution is -2.44. The Morgan fingerprint density at radius 1 is 0.879 bits per heavy atom. The van der Waals surface area contributed by atoms with E-state index < -0.39 is 11.6 Å². The van der Waals surface area contributed by atoms with Crippen LogP contribution >= 0.6 is 0 Å². The van der Waals surface area contributed by atoms with E-state index >= 15 is 0 Å². The van der Waals surface area contributed by atoms with Crippen molar-refractivity contribution in [2.24, 2.45) is 0 Å². The number of benzene rings is 2. The molecule has 1 aliphatic carbocycles. The average molecular weight is 440 g/mol. The van der Waals surface area contributed by atoms with Crippen molar-refractivity contribution in [1.82, 2.24) is 15.3 Å². The molecule has 3 heterocycles. The molecule has 1 aliphatic heterocycles. The molecular weight excluding hydrogens is 418 g/mol. The van der Waals surface area contributed by atoms with Crippen molar-refractivity contribution in [2.45, 2.75) is 6.42 Å². The molecule has 2 aromatic carbocycles. The van der Waals surface area contributed by atoms with Gasteiger partial charge in [0, 0.05) is 61.5 Å². The van der Waals surface area contributed by atoms with Gasteiger partial charge < -0.3 is 10.2 Å².